The van der Waals surface area contributed by atoms with Crippen molar-refractivity contribution in [2.45, 2.75) is 25.3 Å². The number of hydrogen-bond donors (Lipinski definition) is 1. The molecule has 25 heavy (non-hydrogen) atoms. The molecule has 0 unspecified atom stereocenters. The van der Waals surface area contributed by atoms with E-state index in [1.165, 1.54) is 5.56 Å². The Morgan fingerprint density at radius 1 is 1.12 bits per heavy atom. The Bertz CT molecular complexity index is 880. The van der Waals surface area contributed by atoms with Gasteiger partial charge in [0.1, 0.15) is 5.52 Å². The van der Waals surface area contributed by atoms with Gasteiger partial charge >= 0.3 is 0 Å². The molecule has 0 saturated carbocycles. The van der Waals surface area contributed by atoms with Crippen LogP contribution in [0.3, 0.4) is 0 Å². The molecule has 3 aromatic rings. The zero-order valence-electron chi connectivity index (χ0n) is 14.0. The number of carbonyl (C=O) groups excluding carboxylic acids is 1. The molecular weight excluding hydrogens is 314 g/mol. The molecule has 1 aliphatic heterocycles. The van der Waals surface area contributed by atoms with Crippen molar-refractivity contribution in [3.05, 3.63) is 65.5 Å². The van der Waals surface area contributed by atoms with Gasteiger partial charge in [0.25, 0.3) is 5.91 Å². The minimum absolute atomic E-state index is 0.292. The molecule has 5 heteroatoms. The number of fused-ring (bicyclic) bond motifs is 1. The summed E-state index contributed by atoms with van der Waals surface area (Å²) in [6.45, 7) is 3.01. The maximum absolute atomic E-state index is 11.5. The van der Waals surface area contributed by atoms with E-state index in [0.717, 1.165) is 38.4 Å². The number of amides is 1. The summed E-state index contributed by atoms with van der Waals surface area (Å²) in [5, 5.41) is 0. The quantitative estimate of drug-likeness (QED) is 0.794. The van der Waals surface area contributed by atoms with Gasteiger partial charge in [-0.2, -0.15) is 0 Å². The zero-order valence-corrected chi connectivity index (χ0v) is 14.0. The van der Waals surface area contributed by atoms with Gasteiger partial charge in [0, 0.05) is 12.5 Å². The van der Waals surface area contributed by atoms with Crippen molar-refractivity contribution in [3.8, 4) is 0 Å². The van der Waals surface area contributed by atoms with Crippen molar-refractivity contribution in [1.29, 1.82) is 0 Å². The average molecular weight is 335 g/mol. The summed E-state index contributed by atoms with van der Waals surface area (Å²) in [4.78, 5) is 18.6. The van der Waals surface area contributed by atoms with Crippen molar-refractivity contribution in [3.63, 3.8) is 0 Å². The van der Waals surface area contributed by atoms with Gasteiger partial charge in [-0.25, -0.2) is 4.98 Å². The van der Waals surface area contributed by atoms with Crippen LogP contribution in [0.5, 0.6) is 0 Å². The van der Waals surface area contributed by atoms with Crippen LogP contribution in [0.4, 0.5) is 0 Å². The zero-order chi connectivity index (χ0) is 17.2. The number of likely N-dealkylation sites (tertiary alicyclic amines) is 1. The molecule has 1 aliphatic rings. The molecule has 1 aromatic heterocycles. The summed E-state index contributed by atoms with van der Waals surface area (Å²) >= 11 is 0. The molecule has 2 N–H and O–H groups in total. The molecule has 0 radical (unpaired) electrons. The third-order valence-corrected chi connectivity index (χ3v) is 4.88. The van der Waals surface area contributed by atoms with Gasteiger partial charge in [-0.3, -0.25) is 9.69 Å². The number of piperidine rings is 1. The number of hydrogen-bond acceptors (Lipinski definition) is 4. The molecule has 1 saturated heterocycles. The van der Waals surface area contributed by atoms with Gasteiger partial charge in [-0.15, -0.1) is 0 Å². The van der Waals surface area contributed by atoms with Crippen LogP contribution in [-0.2, 0) is 6.54 Å². The first-order valence-corrected chi connectivity index (χ1v) is 8.66. The van der Waals surface area contributed by atoms with Crippen molar-refractivity contribution in [2.24, 2.45) is 5.73 Å². The highest BCUT2D eigenvalue weighted by Crippen LogP contribution is 2.31. The highest BCUT2D eigenvalue weighted by Gasteiger charge is 2.25. The van der Waals surface area contributed by atoms with Crippen LogP contribution >= 0.6 is 0 Å². The number of aromatic nitrogens is 1. The molecule has 1 amide bonds. The van der Waals surface area contributed by atoms with Crippen LogP contribution in [0, 0.1) is 0 Å². The van der Waals surface area contributed by atoms with Crippen LogP contribution in [0.25, 0.3) is 11.1 Å². The van der Waals surface area contributed by atoms with E-state index in [2.05, 4.69) is 34.1 Å². The van der Waals surface area contributed by atoms with Crippen molar-refractivity contribution >= 4 is 17.0 Å². The number of carbonyl (C=O) groups is 1. The Hall–Kier alpha value is -2.66. The standard InChI is InChI=1S/C20H21N3O2/c21-19(24)16-7-4-8-17-18(16)25-20(22-17)15-9-11-23(12-10-15)13-14-5-2-1-3-6-14/h1-8,15H,9-13H2,(H2,21,24). The van der Waals surface area contributed by atoms with Gasteiger partial charge in [-0.1, -0.05) is 36.4 Å². The molecule has 2 heterocycles. The summed E-state index contributed by atoms with van der Waals surface area (Å²) in [6, 6.07) is 15.9. The second-order valence-electron chi connectivity index (χ2n) is 6.61. The number of para-hydroxylation sites is 1. The molecule has 4 rings (SSSR count). The van der Waals surface area contributed by atoms with E-state index in [1.807, 2.05) is 12.1 Å². The van der Waals surface area contributed by atoms with E-state index in [0.29, 0.717) is 22.6 Å². The Morgan fingerprint density at radius 2 is 1.88 bits per heavy atom. The normalized spacial score (nSPS) is 16.3. The maximum Gasteiger partial charge on any atom is 0.252 e. The molecule has 0 aliphatic carbocycles. The second kappa shape index (κ2) is 6.69. The molecule has 0 spiro atoms. The number of nitrogens with two attached hydrogens (primary N) is 1. The average Bonchev–Trinajstić information content (AvgIpc) is 3.07. The summed E-state index contributed by atoms with van der Waals surface area (Å²) in [5.74, 6) is 0.536. The Labute approximate surface area is 146 Å². The largest absolute Gasteiger partial charge is 0.440 e. The second-order valence-corrected chi connectivity index (χ2v) is 6.61. The minimum Gasteiger partial charge on any atom is -0.440 e. The number of primary amides is 1. The van der Waals surface area contributed by atoms with Gasteiger partial charge in [0.05, 0.1) is 5.56 Å². The first-order chi connectivity index (χ1) is 12.2. The van der Waals surface area contributed by atoms with Crippen LogP contribution in [-0.4, -0.2) is 28.9 Å². The Balaban J connectivity index is 1.46. The third-order valence-electron chi connectivity index (χ3n) is 4.88. The fourth-order valence-corrected chi connectivity index (χ4v) is 3.51. The van der Waals surface area contributed by atoms with Gasteiger partial charge in [-0.05, 0) is 43.6 Å². The predicted octanol–water partition coefficient (Wildman–Crippen LogP) is 3.31. The van der Waals surface area contributed by atoms with E-state index in [-0.39, 0.29) is 0 Å². The first-order valence-electron chi connectivity index (χ1n) is 8.66. The third kappa shape index (κ3) is 3.28. The lowest BCUT2D eigenvalue weighted by atomic mass is 9.96. The van der Waals surface area contributed by atoms with Gasteiger partial charge in [0.2, 0.25) is 0 Å². The van der Waals surface area contributed by atoms with E-state index in [9.17, 15) is 4.79 Å². The smallest absolute Gasteiger partial charge is 0.252 e. The lowest BCUT2D eigenvalue weighted by molar-refractivity contribution is 0.100. The minimum atomic E-state index is -0.481. The fourth-order valence-electron chi connectivity index (χ4n) is 3.51. The Kier molecular flexibility index (Phi) is 4.24. The first kappa shape index (κ1) is 15.8. The summed E-state index contributed by atoms with van der Waals surface area (Å²) in [7, 11) is 0. The van der Waals surface area contributed by atoms with Crippen LogP contribution in [0.2, 0.25) is 0 Å². The van der Waals surface area contributed by atoms with Crippen molar-refractivity contribution in [1.82, 2.24) is 9.88 Å². The van der Waals surface area contributed by atoms with E-state index < -0.39 is 5.91 Å². The molecule has 1 fully saturated rings. The number of oxazole rings is 1. The van der Waals surface area contributed by atoms with Crippen LogP contribution in [0.1, 0.15) is 40.6 Å². The fraction of sp³-hybridized carbons (Fsp3) is 0.300. The number of rotatable bonds is 4. The molecule has 128 valence electrons. The van der Waals surface area contributed by atoms with Gasteiger partial charge in [0.15, 0.2) is 11.5 Å². The monoisotopic (exact) mass is 335 g/mol. The SMILES string of the molecule is NC(=O)c1cccc2nc(C3CCN(Cc4ccccc4)CC3)oc12. The molecule has 2 aromatic carbocycles. The topological polar surface area (TPSA) is 72.4 Å². The van der Waals surface area contributed by atoms with E-state index in [1.54, 1.807) is 12.1 Å². The highest BCUT2D eigenvalue weighted by molar-refractivity contribution is 6.03. The predicted molar refractivity (Wildman–Crippen MR) is 96.2 cm³/mol. The highest BCUT2D eigenvalue weighted by atomic mass is 16.3. The number of benzene rings is 2. The van der Waals surface area contributed by atoms with Crippen LogP contribution < -0.4 is 5.73 Å². The summed E-state index contributed by atoms with van der Waals surface area (Å²) in [6.07, 6.45) is 2.01. The van der Waals surface area contributed by atoms with Crippen LogP contribution in [0.15, 0.2) is 52.9 Å². The van der Waals surface area contributed by atoms with E-state index >= 15 is 0 Å². The Morgan fingerprint density at radius 3 is 2.60 bits per heavy atom. The molecule has 0 bridgehead atoms. The lowest BCUT2D eigenvalue weighted by Crippen LogP contribution is -2.32. The molecule has 5 nitrogen and oxygen atoms in total. The number of nitrogens with zero attached hydrogens (tertiary/aromatic N) is 2. The van der Waals surface area contributed by atoms with Crippen molar-refractivity contribution in [2.75, 3.05) is 13.1 Å². The van der Waals surface area contributed by atoms with E-state index in [4.69, 9.17) is 10.2 Å². The lowest BCUT2D eigenvalue weighted by Gasteiger charge is -2.30. The van der Waals surface area contributed by atoms with Gasteiger partial charge < -0.3 is 10.2 Å². The molecule has 0 atom stereocenters. The maximum atomic E-state index is 11.5. The molecular formula is C20H21N3O2. The van der Waals surface area contributed by atoms with Crippen molar-refractivity contribution < 1.29 is 9.21 Å². The summed E-state index contributed by atoms with van der Waals surface area (Å²) in [5.41, 5.74) is 8.39. The summed E-state index contributed by atoms with van der Waals surface area (Å²) < 4.78 is 5.92.